The van der Waals surface area contributed by atoms with Crippen LogP contribution in [0.4, 0.5) is 0 Å². The lowest BCUT2D eigenvalue weighted by Crippen LogP contribution is -2.46. The summed E-state index contributed by atoms with van der Waals surface area (Å²) in [5.41, 5.74) is 1.12. The molecule has 0 radical (unpaired) electrons. The molecule has 0 spiro atoms. The lowest BCUT2D eigenvalue weighted by Gasteiger charge is -2.32. The van der Waals surface area contributed by atoms with Crippen molar-refractivity contribution in [2.24, 2.45) is 11.8 Å². The van der Waals surface area contributed by atoms with Crippen molar-refractivity contribution >= 4 is 23.4 Å². The monoisotopic (exact) mass is 334 g/mol. The van der Waals surface area contributed by atoms with Gasteiger partial charge in [-0.2, -0.15) is 0 Å². The standard InChI is InChI=1S/C18H23ClN2O2/c19-16-5-1-3-13(11-16)8-9-20-17(22)15-4-2-10-21(12-15)18(23)14-6-7-14/h1,3,5,11,14-15H,2,4,6-10,12H2,(H,20,22). The van der Waals surface area contributed by atoms with E-state index < -0.39 is 0 Å². The molecule has 4 nitrogen and oxygen atoms in total. The molecule has 1 atom stereocenters. The van der Waals surface area contributed by atoms with Crippen LogP contribution in [-0.2, 0) is 16.0 Å². The number of hydrogen-bond donors (Lipinski definition) is 1. The molecule has 0 bridgehead atoms. The minimum absolute atomic E-state index is 0.0641. The Morgan fingerprint density at radius 1 is 1.22 bits per heavy atom. The number of hydrogen-bond acceptors (Lipinski definition) is 2. The first-order chi connectivity index (χ1) is 11.1. The molecule has 2 fully saturated rings. The van der Waals surface area contributed by atoms with Gasteiger partial charge >= 0.3 is 0 Å². The van der Waals surface area contributed by atoms with Gasteiger partial charge in [0.05, 0.1) is 5.92 Å². The van der Waals surface area contributed by atoms with E-state index in [0.717, 1.165) is 49.2 Å². The summed E-state index contributed by atoms with van der Waals surface area (Å²) < 4.78 is 0. The van der Waals surface area contributed by atoms with Crippen molar-refractivity contribution in [3.8, 4) is 0 Å². The molecule has 1 aromatic rings. The maximum absolute atomic E-state index is 12.3. The summed E-state index contributed by atoms with van der Waals surface area (Å²) >= 11 is 5.96. The molecule has 1 heterocycles. The SMILES string of the molecule is O=C(NCCc1cccc(Cl)c1)C1CCCN(C(=O)C2CC2)C1. The van der Waals surface area contributed by atoms with Crippen LogP contribution >= 0.6 is 11.6 Å². The molecule has 1 aliphatic carbocycles. The third-order valence-electron chi connectivity index (χ3n) is 4.63. The van der Waals surface area contributed by atoms with E-state index in [-0.39, 0.29) is 23.7 Å². The van der Waals surface area contributed by atoms with Gasteiger partial charge in [-0.05, 0) is 49.8 Å². The van der Waals surface area contributed by atoms with Crippen LogP contribution in [0.15, 0.2) is 24.3 Å². The lowest BCUT2D eigenvalue weighted by molar-refractivity contribution is -0.136. The third kappa shape index (κ3) is 4.47. The normalized spacial score (nSPS) is 21.1. The second kappa shape index (κ2) is 7.35. The Morgan fingerprint density at radius 2 is 2.04 bits per heavy atom. The molecule has 1 aromatic carbocycles. The first-order valence-corrected chi connectivity index (χ1v) is 8.82. The van der Waals surface area contributed by atoms with E-state index in [9.17, 15) is 9.59 Å². The van der Waals surface area contributed by atoms with E-state index >= 15 is 0 Å². The zero-order chi connectivity index (χ0) is 16.2. The fourth-order valence-corrected chi connectivity index (χ4v) is 3.36. The topological polar surface area (TPSA) is 49.4 Å². The predicted octanol–water partition coefficient (Wildman–Crippen LogP) is 2.65. The molecule has 0 aromatic heterocycles. The number of benzene rings is 1. The largest absolute Gasteiger partial charge is 0.355 e. The van der Waals surface area contributed by atoms with Gasteiger partial charge < -0.3 is 10.2 Å². The number of likely N-dealkylation sites (tertiary alicyclic amines) is 1. The molecule has 2 aliphatic rings. The summed E-state index contributed by atoms with van der Waals surface area (Å²) in [7, 11) is 0. The average molecular weight is 335 g/mol. The first kappa shape index (κ1) is 16.3. The summed E-state index contributed by atoms with van der Waals surface area (Å²) in [5.74, 6) is 0.493. The van der Waals surface area contributed by atoms with Gasteiger partial charge in [-0.3, -0.25) is 9.59 Å². The van der Waals surface area contributed by atoms with Crippen LogP contribution < -0.4 is 5.32 Å². The van der Waals surface area contributed by atoms with E-state index in [1.165, 1.54) is 0 Å². The van der Waals surface area contributed by atoms with E-state index in [1.54, 1.807) is 0 Å². The molecule has 1 aliphatic heterocycles. The molecule has 3 rings (SSSR count). The Hall–Kier alpha value is -1.55. The molecule has 2 amide bonds. The predicted molar refractivity (Wildman–Crippen MR) is 90.2 cm³/mol. The Bertz CT molecular complexity index is 586. The zero-order valence-electron chi connectivity index (χ0n) is 13.3. The highest BCUT2D eigenvalue weighted by Gasteiger charge is 2.36. The van der Waals surface area contributed by atoms with E-state index in [2.05, 4.69) is 5.32 Å². The summed E-state index contributed by atoms with van der Waals surface area (Å²) in [4.78, 5) is 26.4. The highest BCUT2D eigenvalue weighted by molar-refractivity contribution is 6.30. The van der Waals surface area contributed by atoms with Gasteiger partial charge in [0.1, 0.15) is 0 Å². The van der Waals surface area contributed by atoms with Crippen molar-refractivity contribution in [3.63, 3.8) is 0 Å². The molecular weight excluding hydrogens is 312 g/mol. The van der Waals surface area contributed by atoms with Crippen LogP contribution in [0.1, 0.15) is 31.2 Å². The minimum atomic E-state index is -0.0641. The summed E-state index contributed by atoms with van der Waals surface area (Å²) in [6.45, 7) is 1.99. The molecule has 5 heteroatoms. The highest BCUT2D eigenvalue weighted by Crippen LogP contribution is 2.32. The molecule has 23 heavy (non-hydrogen) atoms. The lowest BCUT2D eigenvalue weighted by atomic mass is 9.96. The van der Waals surface area contributed by atoms with Crippen LogP contribution in [0, 0.1) is 11.8 Å². The smallest absolute Gasteiger partial charge is 0.225 e. The van der Waals surface area contributed by atoms with E-state index in [1.807, 2.05) is 29.2 Å². The van der Waals surface area contributed by atoms with Crippen molar-refractivity contribution in [1.82, 2.24) is 10.2 Å². The van der Waals surface area contributed by atoms with Gasteiger partial charge in [0.2, 0.25) is 11.8 Å². The second-order valence-corrected chi connectivity index (χ2v) is 7.01. The highest BCUT2D eigenvalue weighted by atomic mass is 35.5. The van der Waals surface area contributed by atoms with Crippen molar-refractivity contribution < 1.29 is 9.59 Å². The third-order valence-corrected chi connectivity index (χ3v) is 4.87. The summed E-state index contributed by atoms with van der Waals surface area (Å²) in [6, 6.07) is 7.69. The summed E-state index contributed by atoms with van der Waals surface area (Å²) in [6.07, 6.45) is 4.60. The van der Waals surface area contributed by atoms with Gasteiger partial charge in [-0.1, -0.05) is 23.7 Å². The number of piperidine rings is 1. The van der Waals surface area contributed by atoms with Crippen LogP contribution in [0.3, 0.4) is 0 Å². The number of amides is 2. The first-order valence-electron chi connectivity index (χ1n) is 8.44. The average Bonchev–Trinajstić information content (AvgIpc) is 3.39. The molecule has 1 saturated heterocycles. The van der Waals surface area contributed by atoms with Crippen molar-refractivity contribution in [2.75, 3.05) is 19.6 Å². The number of carbonyl (C=O) groups is 2. The summed E-state index contributed by atoms with van der Waals surface area (Å²) in [5, 5.41) is 3.72. The number of nitrogens with zero attached hydrogens (tertiary/aromatic N) is 1. The Labute approximate surface area is 142 Å². The number of halogens is 1. The molecule has 1 unspecified atom stereocenters. The van der Waals surface area contributed by atoms with Gasteiger partial charge in [-0.15, -0.1) is 0 Å². The second-order valence-electron chi connectivity index (χ2n) is 6.57. The van der Waals surface area contributed by atoms with E-state index in [4.69, 9.17) is 11.6 Å². The van der Waals surface area contributed by atoms with Crippen molar-refractivity contribution in [2.45, 2.75) is 32.1 Å². The fraction of sp³-hybridized carbons (Fsp3) is 0.556. The minimum Gasteiger partial charge on any atom is -0.355 e. The fourth-order valence-electron chi connectivity index (χ4n) is 3.15. The maximum Gasteiger partial charge on any atom is 0.225 e. The Balaban J connectivity index is 1.45. The van der Waals surface area contributed by atoms with Gasteiger partial charge in [0, 0.05) is 30.6 Å². The maximum atomic E-state index is 12.3. The Kier molecular flexibility index (Phi) is 5.21. The van der Waals surface area contributed by atoms with Gasteiger partial charge in [0.15, 0.2) is 0 Å². The van der Waals surface area contributed by atoms with E-state index in [0.29, 0.717) is 13.1 Å². The number of rotatable bonds is 5. The zero-order valence-corrected chi connectivity index (χ0v) is 14.0. The number of nitrogens with one attached hydrogen (secondary N) is 1. The Morgan fingerprint density at radius 3 is 2.78 bits per heavy atom. The van der Waals surface area contributed by atoms with Gasteiger partial charge in [0.25, 0.3) is 0 Å². The quantitative estimate of drug-likeness (QED) is 0.900. The van der Waals surface area contributed by atoms with Crippen LogP contribution in [0.25, 0.3) is 0 Å². The van der Waals surface area contributed by atoms with Gasteiger partial charge in [-0.25, -0.2) is 0 Å². The van der Waals surface area contributed by atoms with Crippen LogP contribution in [-0.4, -0.2) is 36.3 Å². The number of carbonyl (C=O) groups excluding carboxylic acids is 2. The molecule has 124 valence electrons. The van der Waals surface area contributed by atoms with Crippen molar-refractivity contribution in [3.05, 3.63) is 34.9 Å². The van der Waals surface area contributed by atoms with Crippen molar-refractivity contribution in [1.29, 1.82) is 0 Å². The molecule has 1 N–H and O–H groups in total. The van der Waals surface area contributed by atoms with Crippen LogP contribution in [0.2, 0.25) is 5.02 Å². The van der Waals surface area contributed by atoms with Crippen LogP contribution in [0.5, 0.6) is 0 Å². The molecular formula is C18H23ClN2O2. The molecule has 1 saturated carbocycles.